The zero-order chi connectivity index (χ0) is 25.2. The highest BCUT2D eigenvalue weighted by Gasteiger charge is 2.16. The van der Waals surface area contributed by atoms with Crippen LogP contribution >= 0.6 is 35.1 Å². The molecule has 0 aliphatic heterocycles. The first kappa shape index (κ1) is 26.5. The SMILES string of the molecule is COC(=O)c1ccc(Sc2ccc(C(=O)/C(CCSc3ccc(Cl)cc3)=N/OC(C)=O)cc2)cc1. The summed E-state index contributed by atoms with van der Waals surface area (Å²) >= 11 is 8.96. The van der Waals surface area contributed by atoms with Gasteiger partial charge in [0.25, 0.3) is 0 Å². The molecule has 180 valence electrons. The Morgan fingerprint density at radius 3 is 1.91 bits per heavy atom. The van der Waals surface area contributed by atoms with Crippen molar-refractivity contribution in [2.45, 2.75) is 28.0 Å². The van der Waals surface area contributed by atoms with Crippen LogP contribution in [0.4, 0.5) is 0 Å². The first-order valence-corrected chi connectivity index (χ1v) is 12.7. The molecule has 9 heteroatoms. The van der Waals surface area contributed by atoms with Gasteiger partial charge in [-0.3, -0.25) is 4.79 Å². The zero-order valence-corrected chi connectivity index (χ0v) is 21.4. The number of carbonyl (C=O) groups excluding carboxylic acids is 3. The Bertz CT molecular complexity index is 1210. The minimum atomic E-state index is -0.592. The number of nitrogens with zero attached hydrogens (tertiary/aromatic N) is 1. The molecule has 6 nitrogen and oxygen atoms in total. The van der Waals surface area contributed by atoms with E-state index in [-0.39, 0.29) is 17.5 Å². The van der Waals surface area contributed by atoms with E-state index in [2.05, 4.69) is 5.16 Å². The summed E-state index contributed by atoms with van der Waals surface area (Å²) in [6, 6.07) is 21.6. The Morgan fingerprint density at radius 1 is 0.829 bits per heavy atom. The van der Waals surface area contributed by atoms with Gasteiger partial charge in [0.1, 0.15) is 5.71 Å². The van der Waals surface area contributed by atoms with Gasteiger partial charge in [0.15, 0.2) is 0 Å². The minimum Gasteiger partial charge on any atom is -0.465 e. The number of halogens is 1. The largest absolute Gasteiger partial charge is 0.465 e. The molecule has 0 aromatic heterocycles. The van der Waals surface area contributed by atoms with Crippen LogP contribution in [0.3, 0.4) is 0 Å². The molecule has 0 heterocycles. The average molecular weight is 528 g/mol. The summed E-state index contributed by atoms with van der Waals surface area (Å²) in [4.78, 5) is 43.5. The van der Waals surface area contributed by atoms with E-state index in [4.69, 9.17) is 21.2 Å². The van der Waals surface area contributed by atoms with Crippen molar-refractivity contribution in [3.05, 3.63) is 88.9 Å². The summed E-state index contributed by atoms with van der Waals surface area (Å²) in [7, 11) is 1.34. The van der Waals surface area contributed by atoms with E-state index in [0.717, 1.165) is 14.7 Å². The normalized spacial score (nSPS) is 11.1. The summed E-state index contributed by atoms with van der Waals surface area (Å²) in [6.07, 6.45) is 0.322. The molecule has 0 atom stereocenters. The molecule has 0 aliphatic rings. The maximum absolute atomic E-state index is 13.0. The summed E-state index contributed by atoms with van der Waals surface area (Å²) < 4.78 is 4.71. The Kier molecular flexibility index (Phi) is 9.96. The first-order chi connectivity index (χ1) is 16.9. The second-order valence-electron chi connectivity index (χ2n) is 7.14. The Balaban J connectivity index is 1.65. The molecular weight excluding hydrogens is 506 g/mol. The summed E-state index contributed by atoms with van der Waals surface area (Å²) in [5, 5.41) is 4.46. The molecule has 0 bridgehead atoms. The van der Waals surface area contributed by atoms with Crippen molar-refractivity contribution in [1.29, 1.82) is 0 Å². The lowest BCUT2D eigenvalue weighted by Crippen LogP contribution is -2.16. The highest BCUT2D eigenvalue weighted by molar-refractivity contribution is 7.99. The standard InChI is InChI=1S/C26H22ClNO5S2/c1-17(29)33-28-24(15-16-34-21-13-7-20(27)8-14-21)25(30)18-3-9-22(10-4-18)35-23-11-5-19(6-12-23)26(31)32-2/h3-14H,15-16H2,1-2H3/b28-24+. The number of hydrogen-bond acceptors (Lipinski definition) is 8. The smallest absolute Gasteiger partial charge is 0.337 e. The number of oxime groups is 1. The van der Waals surface area contributed by atoms with Crippen molar-refractivity contribution in [1.82, 2.24) is 0 Å². The van der Waals surface area contributed by atoms with Crippen LogP contribution in [0.5, 0.6) is 0 Å². The molecule has 0 amide bonds. The molecule has 0 radical (unpaired) electrons. The Morgan fingerprint density at radius 2 is 1.37 bits per heavy atom. The predicted molar refractivity (Wildman–Crippen MR) is 139 cm³/mol. The van der Waals surface area contributed by atoms with Crippen molar-refractivity contribution in [2.75, 3.05) is 12.9 Å². The Hall–Kier alpha value is -3.07. The first-order valence-electron chi connectivity index (χ1n) is 10.5. The quantitative estimate of drug-likeness (QED) is 0.0737. The van der Waals surface area contributed by atoms with Crippen LogP contribution in [0.2, 0.25) is 5.02 Å². The fourth-order valence-electron chi connectivity index (χ4n) is 2.87. The van der Waals surface area contributed by atoms with E-state index in [1.165, 1.54) is 25.8 Å². The topological polar surface area (TPSA) is 82.0 Å². The van der Waals surface area contributed by atoms with Gasteiger partial charge in [-0.1, -0.05) is 28.5 Å². The second kappa shape index (κ2) is 13.1. The number of Topliss-reactive ketones (excluding diaryl/α,β-unsaturated/α-hetero) is 1. The van der Waals surface area contributed by atoms with E-state index >= 15 is 0 Å². The molecule has 0 spiro atoms. The van der Waals surface area contributed by atoms with Crippen LogP contribution < -0.4 is 0 Å². The van der Waals surface area contributed by atoms with E-state index in [0.29, 0.717) is 28.3 Å². The second-order valence-corrected chi connectivity index (χ2v) is 9.90. The van der Waals surface area contributed by atoms with Crippen molar-refractivity contribution in [3.63, 3.8) is 0 Å². The van der Waals surface area contributed by atoms with Gasteiger partial charge in [0, 0.05) is 44.4 Å². The molecule has 3 aromatic carbocycles. The van der Waals surface area contributed by atoms with Crippen molar-refractivity contribution in [3.8, 4) is 0 Å². The number of hydrogen-bond donors (Lipinski definition) is 0. The van der Waals surface area contributed by atoms with Crippen LogP contribution in [-0.2, 0) is 14.4 Å². The van der Waals surface area contributed by atoms with Gasteiger partial charge in [-0.05, 0) is 72.8 Å². The van der Waals surface area contributed by atoms with Gasteiger partial charge < -0.3 is 9.57 Å². The number of ketones is 1. The van der Waals surface area contributed by atoms with Gasteiger partial charge >= 0.3 is 11.9 Å². The van der Waals surface area contributed by atoms with E-state index in [1.807, 2.05) is 36.4 Å². The summed E-state index contributed by atoms with van der Waals surface area (Å²) in [5.41, 5.74) is 1.09. The number of carbonyl (C=O) groups is 3. The lowest BCUT2D eigenvalue weighted by molar-refractivity contribution is -0.140. The van der Waals surface area contributed by atoms with Crippen LogP contribution in [0.25, 0.3) is 0 Å². The van der Waals surface area contributed by atoms with Crippen LogP contribution in [-0.4, -0.2) is 36.3 Å². The number of methoxy groups -OCH3 is 1. The van der Waals surface area contributed by atoms with Crippen molar-refractivity contribution < 1.29 is 24.0 Å². The molecule has 35 heavy (non-hydrogen) atoms. The van der Waals surface area contributed by atoms with Gasteiger partial charge in [-0.15, -0.1) is 11.8 Å². The molecule has 0 unspecified atom stereocenters. The molecule has 0 saturated heterocycles. The van der Waals surface area contributed by atoms with Gasteiger partial charge in [0.05, 0.1) is 12.7 Å². The number of esters is 1. The van der Waals surface area contributed by atoms with Crippen LogP contribution in [0.15, 0.2) is 92.6 Å². The number of ether oxygens (including phenoxy) is 1. The lowest BCUT2D eigenvalue weighted by Gasteiger charge is -2.07. The highest BCUT2D eigenvalue weighted by Crippen LogP contribution is 2.28. The van der Waals surface area contributed by atoms with Crippen molar-refractivity contribution in [2.24, 2.45) is 5.16 Å². The van der Waals surface area contributed by atoms with Gasteiger partial charge in [0.2, 0.25) is 5.78 Å². The Labute approximate surface area is 217 Å². The summed E-state index contributed by atoms with van der Waals surface area (Å²) in [5.74, 6) is -0.710. The maximum atomic E-state index is 13.0. The fourth-order valence-corrected chi connectivity index (χ4v) is 4.67. The van der Waals surface area contributed by atoms with Crippen LogP contribution in [0.1, 0.15) is 34.1 Å². The minimum absolute atomic E-state index is 0.167. The van der Waals surface area contributed by atoms with E-state index in [1.54, 1.807) is 48.2 Å². The van der Waals surface area contributed by atoms with Gasteiger partial charge in [-0.2, -0.15) is 0 Å². The third-order valence-electron chi connectivity index (χ3n) is 4.60. The van der Waals surface area contributed by atoms with Crippen LogP contribution in [0, 0.1) is 0 Å². The molecule has 0 fully saturated rings. The number of benzene rings is 3. The lowest BCUT2D eigenvalue weighted by atomic mass is 10.1. The van der Waals surface area contributed by atoms with Crippen molar-refractivity contribution >= 4 is 58.6 Å². The molecular formula is C26H22ClNO5S2. The molecule has 0 N–H and O–H groups in total. The predicted octanol–water partition coefficient (Wildman–Crippen LogP) is 6.56. The molecule has 0 aliphatic carbocycles. The third-order valence-corrected chi connectivity index (χ3v) is 6.88. The number of thioether (sulfide) groups is 1. The fraction of sp³-hybridized carbons (Fsp3) is 0.154. The highest BCUT2D eigenvalue weighted by atomic mass is 35.5. The van der Waals surface area contributed by atoms with E-state index < -0.39 is 5.97 Å². The molecule has 0 saturated carbocycles. The maximum Gasteiger partial charge on any atom is 0.337 e. The monoisotopic (exact) mass is 527 g/mol. The molecule has 3 aromatic rings. The van der Waals surface area contributed by atoms with Gasteiger partial charge in [-0.25, -0.2) is 9.59 Å². The van der Waals surface area contributed by atoms with E-state index in [9.17, 15) is 14.4 Å². The number of rotatable bonds is 10. The summed E-state index contributed by atoms with van der Waals surface area (Å²) in [6.45, 7) is 1.23. The zero-order valence-electron chi connectivity index (χ0n) is 19.0. The molecule has 3 rings (SSSR count). The third kappa shape index (κ3) is 8.28. The average Bonchev–Trinajstić information content (AvgIpc) is 2.87.